The number of rotatable bonds is 5. The molecule has 0 saturated heterocycles. The lowest BCUT2D eigenvalue weighted by Crippen LogP contribution is -2.24. The highest BCUT2D eigenvalue weighted by molar-refractivity contribution is 7.09. The van der Waals surface area contributed by atoms with Gasteiger partial charge in [0, 0.05) is 24.0 Å². The standard InChI is InChI=1S/C9H14N2OS/c1-7(6-10-2)8(12)5-9-11-3-4-13-9/h3-4,7,10H,5-6H2,1-2H3. The van der Waals surface area contributed by atoms with Crippen LogP contribution >= 0.6 is 11.3 Å². The van der Waals surface area contributed by atoms with E-state index in [9.17, 15) is 4.79 Å². The Hall–Kier alpha value is -0.740. The molecule has 0 aliphatic heterocycles. The van der Waals surface area contributed by atoms with Gasteiger partial charge < -0.3 is 5.32 Å². The normalized spacial score (nSPS) is 12.8. The Balaban J connectivity index is 2.41. The predicted octanol–water partition coefficient (Wildman–Crippen LogP) is 1.11. The lowest BCUT2D eigenvalue weighted by atomic mass is 10.0. The highest BCUT2D eigenvalue weighted by atomic mass is 32.1. The van der Waals surface area contributed by atoms with E-state index in [0.29, 0.717) is 6.42 Å². The number of hydrogen-bond donors (Lipinski definition) is 1. The SMILES string of the molecule is CNCC(C)C(=O)Cc1nccs1. The van der Waals surface area contributed by atoms with Gasteiger partial charge in [0.25, 0.3) is 0 Å². The minimum Gasteiger partial charge on any atom is -0.319 e. The van der Waals surface area contributed by atoms with Crippen LogP contribution in [-0.2, 0) is 11.2 Å². The van der Waals surface area contributed by atoms with Gasteiger partial charge in [0.2, 0.25) is 0 Å². The maximum atomic E-state index is 11.5. The molecular weight excluding hydrogens is 184 g/mol. The van der Waals surface area contributed by atoms with E-state index in [1.54, 1.807) is 6.20 Å². The Kier molecular flexibility index (Phi) is 4.05. The van der Waals surface area contributed by atoms with E-state index in [1.807, 2.05) is 19.4 Å². The molecule has 1 N–H and O–H groups in total. The average molecular weight is 198 g/mol. The highest BCUT2D eigenvalue weighted by Gasteiger charge is 2.13. The molecule has 0 radical (unpaired) electrons. The second-order valence-corrected chi connectivity index (χ2v) is 4.01. The molecular formula is C9H14N2OS. The summed E-state index contributed by atoms with van der Waals surface area (Å²) < 4.78 is 0. The monoisotopic (exact) mass is 198 g/mol. The van der Waals surface area contributed by atoms with Crippen molar-refractivity contribution in [3.8, 4) is 0 Å². The predicted molar refractivity (Wildman–Crippen MR) is 53.9 cm³/mol. The highest BCUT2D eigenvalue weighted by Crippen LogP contribution is 2.08. The summed E-state index contributed by atoms with van der Waals surface area (Å²) in [5.41, 5.74) is 0. The summed E-state index contributed by atoms with van der Waals surface area (Å²) in [5, 5.41) is 5.79. The Labute approximate surface area is 82.2 Å². The van der Waals surface area contributed by atoms with E-state index in [0.717, 1.165) is 11.6 Å². The maximum Gasteiger partial charge on any atom is 0.143 e. The lowest BCUT2D eigenvalue weighted by molar-refractivity contribution is -0.121. The van der Waals surface area contributed by atoms with Gasteiger partial charge in [-0.25, -0.2) is 4.98 Å². The second-order valence-electron chi connectivity index (χ2n) is 3.03. The van der Waals surface area contributed by atoms with E-state index < -0.39 is 0 Å². The van der Waals surface area contributed by atoms with Gasteiger partial charge in [0.15, 0.2) is 0 Å². The van der Waals surface area contributed by atoms with Gasteiger partial charge in [-0.05, 0) is 7.05 Å². The van der Waals surface area contributed by atoms with Crippen molar-refractivity contribution in [3.63, 3.8) is 0 Å². The number of Topliss-reactive ketones (excluding diaryl/α,β-unsaturated/α-hetero) is 1. The molecule has 1 unspecified atom stereocenters. The number of thiazole rings is 1. The minimum absolute atomic E-state index is 0.0777. The van der Waals surface area contributed by atoms with Crippen molar-refractivity contribution >= 4 is 17.1 Å². The first-order valence-electron chi connectivity index (χ1n) is 4.29. The minimum atomic E-state index is 0.0777. The van der Waals surface area contributed by atoms with Crippen LogP contribution < -0.4 is 5.32 Å². The third-order valence-corrected chi connectivity index (χ3v) is 2.65. The second kappa shape index (κ2) is 5.09. The van der Waals surface area contributed by atoms with Crippen molar-refractivity contribution in [1.82, 2.24) is 10.3 Å². The molecule has 3 nitrogen and oxygen atoms in total. The van der Waals surface area contributed by atoms with Gasteiger partial charge in [-0.15, -0.1) is 11.3 Å². The van der Waals surface area contributed by atoms with Crippen LogP contribution in [0.25, 0.3) is 0 Å². The Morgan fingerprint density at radius 1 is 1.77 bits per heavy atom. The molecule has 0 fully saturated rings. The Bertz CT molecular complexity index is 259. The fraction of sp³-hybridized carbons (Fsp3) is 0.556. The van der Waals surface area contributed by atoms with Crippen LogP contribution in [0.15, 0.2) is 11.6 Å². The first kappa shape index (κ1) is 10.3. The van der Waals surface area contributed by atoms with E-state index in [4.69, 9.17) is 0 Å². The summed E-state index contributed by atoms with van der Waals surface area (Å²) in [6.07, 6.45) is 2.20. The van der Waals surface area contributed by atoms with Crippen molar-refractivity contribution in [2.24, 2.45) is 5.92 Å². The van der Waals surface area contributed by atoms with Crippen molar-refractivity contribution in [2.45, 2.75) is 13.3 Å². The summed E-state index contributed by atoms with van der Waals surface area (Å²) in [4.78, 5) is 15.6. The molecule has 4 heteroatoms. The summed E-state index contributed by atoms with van der Waals surface area (Å²) in [6, 6.07) is 0. The Morgan fingerprint density at radius 3 is 3.08 bits per heavy atom. The van der Waals surface area contributed by atoms with Crippen molar-refractivity contribution in [1.29, 1.82) is 0 Å². The van der Waals surface area contributed by atoms with Crippen molar-refractivity contribution < 1.29 is 4.79 Å². The van der Waals surface area contributed by atoms with Gasteiger partial charge in [-0.2, -0.15) is 0 Å². The number of ketones is 1. The molecule has 0 aliphatic carbocycles. The zero-order valence-electron chi connectivity index (χ0n) is 7.91. The van der Waals surface area contributed by atoms with Crippen LogP contribution in [0.3, 0.4) is 0 Å². The molecule has 1 heterocycles. The third kappa shape index (κ3) is 3.24. The number of aromatic nitrogens is 1. The molecule has 0 bridgehead atoms. The molecule has 0 aromatic carbocycles. The van der Waals surface area contributed by atoms with Gasteiger partial charge in [-0.3, -0.25) is 4.79 Å². The fourth-order valence-corrected chi connectivity index (χ4v) is 1.71. The molecule has 0 aliphatic rings. The van der Waals surface area contributed by atoms with E-state index in [1.165, 1.54) is 11.3 Å². The summed E-state index contributed by atoms with van der Waals surface area (Å²) in [7, 11) is 1.85. The van der Waals surface area contributed by atoms with Crippen LogP contribution in [0.4, 0.5) is 0 Å². The van der Waals surface area contributed by atoms with E-state index in [2.05, 4.69) is 10.3 Å². The topological polar surface area (TPSA) is 42.0 Å². The van der Waals surface area contributed by atoms with Crippen LogP contribution in [0, 0.1) is 5.92 Å². The molecule has 0 saturated carbocycles. The van der Waals surface area contributed by atoms with E-state index >= 15 is 0 Å². The first-order chi connectivity index (χ1) is 6.24. The molecule has 72 valence electrons. The Morgan fingerprint density at radius 2 is 2.54 bits per heavy atom. The molecule has 1 aromatic rings. The van der Waals surface area contributed by atoms with Crippen LogP contribution in [0.1, 0.15) is 11.9 Å². The molecule has 0 amide bonds. The number of nitrogens with zero attached hydrogens (tertiary/aromatic N) is 1. The molecule has 0 spiro atoms. The lowest BCUT2D eigenvalue weighted by Gasteiger charge is -2.07. The maximum absolute atomic E-state index is 11.5. The largest absolute Gasteiger partial charge is 0.319 e. The number of carbonyl (C=O) groups is 1. The first-order valence-corrected chi connectivity index (χ1v) is 5.17. The fourth-order valence-electron chi connectivity index (χ4n) is 1.08. The summed E-state index contributed by atoms with van der Waals surface area (Å²) in [6.45, 7) is 2.68. The van der Waals surface area contributed by atoms with Crippen molar-refractivity contribution in [2.75, 3.05) is 13.6 Å². The molecule has 13 heavy (non-hydrogen) atoms. The number of nitrogens with one attached hydrogen (secondary N) is 1. The third-order valence-electron chi connectivity index (χ3n) is 1.87. The van der Waals surface area contributed by atoms with Gasteiger partial charge in [-0.1, -0.05) is 6.92 Å². The van der Waals surface area contributed by atoms with Crippen LogP contribution in [0.2, 0.25) is 0 Å². The zero-order chi connectivity index (χ0) is 9.68. The van der Waals surface area contributed by atoms with Gasteiger partial charge in [0.1, 0.15) is 5.78 Å². The smallest absolute Gasteiger partial charge is 0.143 e. The van der Waals surface area contributed by atoms with Crippen molar-refractivity contribution in [3.05, 3.63) is 16.6 Å². The molecule has 1 rings (SSSR count). The summed E-state index contributed by atoms with van der Waals surface area (Å²) in [5.74, 6) is 0.332. The van der Waals surface area contributed by atoms with Gasteiger partial charge >= 0.3 is 0 Å². The number of hydrogen-bond acceptors (Lipinski definition) is 4. The van der Waals surface area contributed by atoms with Gasteiger partial charge in [0.05, 0.1) is 11.4 Å². The molecule has 1 atom stereocenters. The quantitative estimate of drug-likeness (QED) is 0.770. The summed E-state index contributed by atoms with van der Waals surface area (Å²) >= 11 is 1.53. The molecule has 1 aromatic heterocycles. The zero-order valence-corrected chi connectivity index (χ0v) is 8.73. The van der Waals surface area contributed by atoms with Crippen LogP contribution in [0.5, 0.6) is 0 Å². The average Bonchev–Trinajstić information content (AvgIpc) is 2.57. The number of carbonyl (C=O) groups excluding carboxylic acids is 1. The van der Waals surface area contributed by atoms with E-state index in [-0.39, 0.29) is 11.7 Å². The van der Waals surface area contributed by atoms with Crippen LogP contribution in [-0.4, -0.2) is 24.4 Å².